The summed E-state index contributed by atoms with van der Waals surface area (Å²) in [6.07, 6.45) is 2.23. The smallest absolute Gasteiger partial charge is 0.260 e. The van der Waals surface area contributed by atoms with Crippen LogP contribution in [0.1, 0.15) is 31.9 Å². The zero-order valence-corrected chi connectivity index (χ0v) is 17.8. The number of oxime groups is 1. The molecule has 0 aliphatic heterocycles. The summed E-state index contributed by atoms with van der Waals surface area (Å²) < 4.78 is 16.6. The zero-order chi connectivity index (χ0) is 21.6. The van der Waals surface area contributed by atoms with Gasteiger partial charge in [0.2, 0.25) is 0 Å². The Morgan fingerprint density at radius 1 is 0.933 bits per heavy atom. The van der Waals surface area contributed by atoms with E-state index in [0.717, 1.165) is 28.4 Å². The molecule has 2 aromatic rings. The molecule has 0 radical (unpaired) electrons. The predicted octanol–water partition coefficient (Wildman–Crippen LogP) is 3.59. The highest BCUT2D eigenvalue weighted by Gasteiger charge is 2.07. The van der Waals surface area contributed by atoms with Crippen LogP contribution in [0.4, 0.5) is 0 Å². The number of nitrogens with zero attached hydrogens (tertiary/aromatic N) is 1. The molecular formula is C23H30N2O5. The van der Waals surface area contributed by atoms with Crippen LogP contribution in [0.3, 0.4) is 0 Å². The number of ether oxygens (including phenoxy) is 3. The molecule has 0 atom stereocenters. The van der Waals surface area contributed by atoms with Gasteiger partial charge in [0.1, 0.15) is 5.75 Å². The van der Waals surface area contributed by atoms with Crippen molar-refractivity contribution in [2.45, 2.75) is 27.2 Å². The van der Waals surface area contributed by atoms with Crippen LogP contribution in [0.2, 0.25) is 0 Å². The molecule has 7 nitrogen and oxygen atoms in total. The van der Waals surface area contributed by atoms with E-state index in [-0.39, 0.29) is 12.5 Å². The third kappa shape index (κ3) is 8.03. The highest BCUT2D eigenvalue weighted by Crippen LogP contribution is 2.28. The molecule has 0 aromatic heterocycles. The topological polar surface area (TPSA) is 78.4 Å². The molecule has 7 heteroatoms. The summed E-state index contributed by atoms with van der Waals surface area (Å²) in [5, 5.41) is 6.64. The Morgan fingerprint density at radius 2 is 1.63 bits per heavy atom. The van der Waals surface area contributed by atoms with E-state index in [9.17, 15) is 4.79 Å². The summed E-state index contributed by atoms with van der Waals surface area (Å²) >= 11 is 0. The summed E-state index contributed by atoms with van der Waals surface area (Å²) in [6.45, 7) is 7.92. The molecule has 0 aliphatic carbocycles. The van der Waals surface area contributed by atoms with Gasteiger partial charge in [-0.15, -0.1) is 0 Å². The average molecular weight is 415 g/mol. The quantitative estimate of drug-likeness (QED) is 0.400. The molecule has 0 saturated carbocycles. The molecular weight excluding hydrogens is 384 g/mol. The first-order valence-corrected chi connectivity index (χ1v) is 10.2. The predicted molar refractivity (Wildman–Crippen MR) is 117 cm³/mol. The molecule has 30 heavy (non-hydrogen) atoms. The fourth-order valence-electron chi connectivity index (χ4n) is 2.66. The van der Waals surface area contributed by atoms with E-state index >= 15 is 0 Å². The summed E-state index contributed by atoms with van der Waals surface area (Å²) in [4.78, 5) is 17.0. The Bertz CT molecular complexity index is 806. The second-order valence-electron chi connectivity index (χ2n) is 6.26. The van der Waals surface area contributed by atoms with Gasteiger partial charge in [-0.3, -0.25) is 4.79 Å². The standard InChI is InChI=1S/C23H30N2O5/c1-4-27-20-10-7-19(8-11-20)16-25-30-17-23(26)24-14-13-18-9-12-21(28-5-2)22(15-18)29-6-3/h7-12,15-16H,4-6,13-14,17H2,1-3H3,(H,24,26)/b25-16-. The molecule has 2 aromatic carbocycles. The van der Waals surface area contributed by atoms with Crippen molar-refractivity contribution in [2.75, 3.05) is 33.0 Å². The summed E-state index contributed by atoms with van der Waals surface area (Å²) in [5.74, 6) is 2.02. The van der Waals surface area contributed by atoms with E-state index in [2.05, 4.69) is 10.5 Å². The van der Waals surface area contributed by atoms with Crippen LogP contribution in [0.5, 0.6) is 17.2 Å². The fraction of sp³-hybridized carbons (Fsp3) is 0.391. The Morgan fingerprint density at radius 3 is 2.33 bits per heavy atom. The molecule has 1 N–H and O–H groups in total. The van der Waals surface area contributed by atoms with Gasteiger partial charge in [-0.2, -0.15) is 0 Å². The molecule has 0 bridgehead atoms. The van der Waals surface area contributed by atoms with E-state index in [1.165, 1.54) is 0 Å². The van der Waals surface area contributed by atoms with Crippen molar-refractivity contribution in [3.05, 3.63) is 53.6 Å². The van der Waals surface area contributed by atoms with Crippen LogP contribution in [0.25, 0.3) is 0 Å². The Balaban J connectivity index is 1.71. The molecule has 2 rings (SSSR count). The lowest BCUT2D eigenvalue weighted by Crippen LogP contribution is -2.28. The second-order valence-corrected chi connectivity index (χ2v) is 6.26. The van der Waals surface area contributed by atoms with Crippen molar-refractivity contribution in [1.29, 1.82) is 0 Å². The normalized spacial score (nSPS) is 10.6. The largest absolute Gasteiger partial charge is 0.494 e. The van der Waals surface area contributed by atoms with Crippen molar-refractivity contribution >= 4 is 12.1 Å². The number of nitrogens with one attached hydrogen (secondary N) is 1. The SMILES string of the molecule is CCOc1ccc(/C=N\OCC(=O)NCCc2ccc(OCC)c(OCC)c2)cc1. The van der Waals surface area contributed by atoms with E-state index in [1.54, 1.807) is 6.21 Å². The molecule has 1 amide bonds. The van der Waals surface area contributed by atoms with Gasteiger partial charge >= 0.3 is 0 Å². The third-order valence-corrected chi connectivity index (χ3v) is 4.01. The number of rotatable bonds is 13. The Kier molecular flexibility index (Phi) is 10.1. The lowest BCUT2D eigenvalue weighted by molar-refractivity contribution is -0.125. The first-order chi connectivity index (χ1) is 14.7. The van der Waals surface area contributed by atoms with Crippen molar-refractivity contribution in [3.63, 3.8) is 0 Å². The van der Waals surface area contributed by atoms with Gasteiger partial charge in [-0.05, 0) is 74.7 Å². The second kappa shape index (κ2) is 13.1. The summed E-state index contributed by atoms with van der Waals surface area (Å²) in [6, 6.07) is 13.3. The van der Waals surface area contributed by atoms with Crippen molar-refractivity contribution < 1.29 is 23.8 Å². The maximum absolute atomic E-state index is 11.9. The van der Waals surface area contributed by atoms with Gasteiger partial charge in [0.25, 0.3) is 5.91 Å². The number of hydrogen-bond donors (Lipinski definition) is 1. The summed E-state index contributed by atoms with van der Waals surface area (Å²) in [5.41, 5.74) is 1.91. The molecule has 0 heterocycles. The van der Waals surface area contributed by atoms with Crippen LogP contribution in [-0.4, -0.2) is 45.1 Å². The Labute approximate surface area is 178 Å². The number of benzene rings is 2. The average Bonchev–Trinajstić information content (AvgIpc) is 2.75. The maximum atomic E-state index is 11.9. The van der Waals surface area contributed by atoms with Crippen molar-refractivity contribution in [3.8, 4) is 17.2 Å². The van der Waals surface area contributed by atoms with Crippen LogP contribution in [0, 0.1) is 0 Å². The zero-order valence-electron chi connectivity index (χ0n) is 17.8. The first kappa shape index (κ1) is 23.1. The minimum Gasteiger partial charge on any atom is -0.494 e. The van der Waals surface area contributed by atoms with Gasteiger partial charge in [0, 0.05) is 6.54 Å². The van der Waals surface area contributed by atoms with E-state index < -0.39 is 0 Å². The number of carbonyl (C=O) groups excluding carboxylic acids is 1. The van der Waals surface area contributed by atoms with Crippen molar-refractivity contribution in [2.24, 2.45) is 5.16 Å². The van der Waals surface area contributed by atoms with Gasteiger partial charge in [-0.1, -0.05) is 11.2 Å². The number of carbonyl (C=O) groups is 1. The monoisotopic (exact) mass is 414 g/mol. The minimum atomic E-state index is -0.227. The van der Waals surface area contributed by atoms with Gasteiger partial charge in [-0.25, -0.2) is 0 Å². The van der Waals surface area contributed by atoms with Crippen LogP contribution >= 0.6 is 0 Å². The molecule has 0 unspecified atom stereocenters. The van der Waals surface area contributed by atoms with E-state index in [4.69, 9.17) is 19.0 Å². The third-order valence-electron chi connectivity index (χ3n) is 4.01. The molecule has 0 spiro atoms. The highest BCUT2D eigenvalue weighted by molar-refractivity contribution is 5.80. The molecule has 162 valence electrons. The lowest BCUT2D eigenvalue weighted by atomic mass is 10.1. The number of hydrogen-bond acceptors (Lipinski definition) is 6. The molecule has 0 aliphatic rings. The fourth-order valence-corrected chi connectivity index (χ4v) is 2.66. The van der Waals surface area contributed by atoms with Gasteiger partial charge < -0.3 is 24.4 Å². The summed E-state index contributed by atoms with van der Waals surface area (Å²) in [7, 11) is 0. The highest BCUT2D eigenvalue weighted by atomic mass is 16.6. The van der Waals surface area contributed by atoms with E-state index in [1.807, 2.05) is 63.2 Å². The van der Waals surface area contributed by atoms with Gasteiger partial charge in [0.05, 0.1) is 26.0 Å². The van der Waals surface area contributed by atoms with Crippen LogP contribution in [-0.2, 0) is 16.1 Å². The number of amides is 1. The lowest BCUT2D eigenvalue weighted by Gasteiger charge is -2.12. The van der Waals surface area contributed by atoms with Crippen LogP contribution in [0.15, 0.2) is 47.6 Å². The first-order valence-electron chi connectivity index (χ1n) is 10.2. The maximum Gasteiger partial charge on any atom is 0.260 e. The van der Waals surface area contributed by atoms with Crippen LogP contribution < -0.4 is 19.5 Å². The molecule has 0 fully saturated rings. The van der Waals surface area contributed by atoms with E-state index in [0.29, 0.717) is 32.8 Å². The molecule has 0 saturated heterocycles. The minimum absolute atomic E-state index is 0.138. The van der Waals surface area contributed by atoms with Gasteiger partial charge in [0.15, 0.2) is 18.1 Å². The van der Waals surface area contributed by atoms with Crippen molar-refractivity contribution in [1.82, 2.24) is 5.32 Å². The Hall–Kier alpha value is -3.22.